The molecule has 25 heavy (non-hydrogen) atoms. The van der Waals surface area contributed by atoms with Crippen LogP contribution in [0.25, 0.3) is 11.1 Å². The maximum Gasteiger partial charge on any atom is 0.419 e. The Morgan fingerprint density at radius 2 is 1.96 bits per heavy atom. The molecule has 1 aliphatic rings. The first-order chi connectivity index (χ1) is 12.1. The summed E-state index contributed by atoms with van der Waals surface area (Å²) in [5.41, 5.74) is 3.85. The topological polar surface area (TPSA) is 55.5 Å². The fraction of sp³-hybridized carbons (Fsp3) is 0.300. The van der Waals surface area contributed by atoms with Crippen molar-refractivity contribution in [1.82, 2.24) is 9.47 Å². The first-order valence-corrected chi connectivity index (χ1v) is 8.57. The van der Waals surface area contributed by atoms with E-state index in [4.69, 9.17) is 4.42 Å². The summed E-state index contributed by atoms with van der Waals surface area (Å²) in [4.78, 5) is 26.5. The summed E-state index contributed by atoms with van der Waals surface area (Å²) in [7, 11) is 1.85. The van der Waals surface area contributed by atoms with E-state index in [1.165, 1.54) is 15.7 Å². The summed E-state index contributed by atoms with van der Waals surface area (Å²) in [5.74, 6) is -0.373. The fourth-order valence-electron chi connectivity index (χ4n) is 3.72. The molecular formula is C20H20N2O3. The number of benzene rings is 2. The van der Waals surface area contributed by atoms with Crippen molar-refractivity contribution in [1.29, 1.82) is 0 Å². The van der Waals surface area contributed by atoms with Gasteiger partial charge in [-0.05, 0) is 36.1 Å². The zero-order valence-electron chi connectivity index (χ0n) is 14.1. The molecule has 0 aliphatic heterocycles. The van der Waals surface area contributed by atoms with Crippen molar-refractivity contribution in [3.8, 4) is 0 Å². The van der Waals surface area contributed by atoms with Gasteiger partial charge in [0.1, 0.15) is 0 Å². The number of hydrogen-bond donors (Lipinski definition) is 0. The molecule has 0 spiro atoms. The molecule has 1 heterocycles. The summed E-state index contributed by atoms with van der Waals surface area (Å²) >= 11 is 0. The van der Waals surface area contributed by atoms with Crippen molar-refractivity contribution in [2.45, 2.75) is 31.8 Å². The number of carbonyl (C=O) groups is 1. The molecule has 0 saturated carbocycles. The third-order valence-electron chi connectivity index (χ3n) is 5.09. The van der Waals surface area contributed by atoms with Gasteiger partial charge >= 0.3 is 5.76 Å². The Balaban J connectivity index is 1.49. The summed E-state index contributed by atoms with van der Waals surface area (Å²) in [6, 6.07) is 15.7. The lowest BCUT2D eigenvalue weighted by molar-refractivity contribution is -0.132. The van der Waals surface area contributed by atoms with Gasteiger partial charge in [0, 0.05) is 20.0 Å². The summed E-state index contributed by atoms with van der Waals surface area (Å²) in [6.07, 6.45) is 2.24. The molecule has 2 aromatic carbocycles. The number of aromatic nitrogens is 1. The molecule has 0 saturated heterocycles. The van der Waals surface area contributed by atoms with Crippen LogP contribution in [0.4, 0.5) is 0 Å². The van der Waals surface area contributed by atoms with Crippen LogP contribution >= 0.6 is 0 Å². The summed E-state index contributed by atoms with van der Waals surface area (Å²) in [6.45, 7) is 0.327. The maximum atomic E-state index is 12.7. The largest absolute Gasteiger partial charge is 0.419 e. The number of amides is 1. The van der Waals surface area contributed by atoms with Crippen LogP contribution in [0.2, 0.25) is 0 Å². The Kier molecular flexibility index (Phi) is 3.92. The van der Waals surface area contributed by atoms with Crippen molar-refractivity contribution in [2.75, 3.05) is 7.05 Å². The minimum absolute atomic E-state index is 0.0406. The molecule has 5 heteroatoms. The van der Waals surface area contributed by atoms with E-state index < -0.39 is 5.76 Å². The second kappa shape index (κ2) is 6.24. The lowest BCUT2D eigenvalue weighted by atomic mass is 10.1. The van der Waals surface area contributed by atoms with E-state index in [-0.39, 0.29) is 18.4 Å². The molecule has 0 radical (unpaired) electrons. The normalized spacial score (nSPS) is 16.1. The van der Waals surface area contributed by atoms with Crippen molar-refractivity contribution in [2.24, 2.45) is 0 Å². The van der Waals surface area contributed by atoms with Gasteiger partial charge in [-0.1, -0.05) is 36.4 Å². The van der Waals surface area contributed by atoms with Gasteiger partial charge in [0.2, 0.25) is 5.91 Å². The Morgan fingerprint density at radius 1 is 1.20 bits per heavy atom. The minimum atomic E-state index is -0.414. The van der Waals surface area contributed by atoms with E-state index in [0.29, 0.717) is 12.1 Å². The maximum absolute atomic E-state index is 12.7. The highest BCUT2D eigenvalue weighted by Crippen LogP contribution is 2.35. The van der Waals surface area contributed by atoms with E-state index in [2.05, 4.69) is 12.1 Å². The Bertz CT molecular complexity index is 986. The predicted octanol–water partition coefficient (Wildman–Crippen LogP) is 3.13. The van der Waals surface area contributed by atoms with Crippen molar-refractivity contribution in [3.63, 3.8) is 0 Å². The van der Waals surface area contributed by atoms with Gasteiger partial charge in [0.15, 0.2) is 5.58 Å². The number of hydrogen-bond acceptors (Lipinski definition) is 3. The third kappa shape index (κ3) is 2.76. The van der Waals surface area contributed by atoms with Crippen LogP contribution < -0.4 is 5.76 Å². The minimum Gasteiger partial charge on any atom is -0.408 e. The van der Waals surface area contributed by atoms with E-state index in [0.717, 1.165) is 18.4 Å². The molecule has 1 atom stereocenters. The average molecular weight is 336 g/mol. The van der Waals surface area contributed by atoms with Gasteiger partial charge in [0.25, 0.3) is 0 Å². The number of para-hydroxylation sites is 2. The zero-order chi connectivity index (χ0) is 17.4. The summed E-state index contributed by atoms with van der Waals surface area (Å²) < 4.78 is 6.75. The Morgan fingerprint density at radius 3 is 2.84 bits per heavy atom. The number of oxazole rings is 1. The molecular weight excluding hydrogens is 316 g/mol. The molecule has 1 aliphatic carbocycles. The van der Waals surface area contributed by atoms with Crippen LogP contribution in [0.5, 0.6) is 0 Å². The number of carbonyl (C=O) groups excluding carboxylic acids is 1. The molecule has 1 unspecified atom stereocenters. The smallest absolute Gasteiger partial charge is 0.408 e. The quantitative estimate of drug-likeness (QED) is 0.735. The van der Waals surface area contributed by atoms with Gasteiger partial charge in [-0.3, -0.25) is 9.36 Å². The molecule has 1 amide bonds. The van der Waals surface area contributed by atoms with Gasteiger partial charge < -0.3 is 9.32 Å². The van der Waals surface area contributed by atoms with Gasteiger partial charge in [-0.2, -0.15) is 0 Å². The monoisotopic (exact) mass is 336 g/mol. The van der Waals surface area contributed by atoms with Crippen LogP contribution in [0.15, 0.2) is 57.7 Å². The van der Waals surface area contributed by atoms with E-state index >= 15 is 0 Å². The molecule has 1 aromatic heterocycles. The Hall–Kier alpha value is -2.82. The van der Waals surface area contributed by atoms with Gasteiger partial charge in [-0.25, -0.2) is 4.79 Å². The summed E-state index contributed by atoms with van der Waals surface area (Å²) in [5, 5.41) is 0. The van der Waals surface area contributed by atoms with Crippen molar-refractivity contribution >= 4 is 17.0 Å². The van der Waals surface area contributed by atoms with Crippen LogP contribution in [0.3, 0.4) is 0 Å². The van der Waals surface area contributed by atoms with E-state index in [1.54, 1.807) is 6.07 Å². The fourth-order valence-corrected chi connectivity index (χ4v) is 3.72. The second-order valence-electron chi connectivity index (χ2n) is 6.50. The van der Waals surface area contributed by atoms with Gasteiger partial charge in [0.05, 0.1) is 11.6 Å². The Labute approximate surface area is 145 Å². The number of aryl methyl sites for hydroxylation is 2. The van der Waals surface area contributed by atoms with Crippen LogP contribution in [-0.2, 0) is 17.8 Å². The SMILES string of the molecule is CN(C(=O)CCn1c(=O)oc2ccccc21)C1CCc2ccccc21. The number of nitrogens with zero attached hydrogens (tertiary/aromatic N) is 2. The first-order valence-electron chi connectivity index (χ1n) is 8.57. The van der Waals surface area contributed by atoms with Crippen LogP contribution in [-0.4, -0.2) is 22.4 Å². The van der Waals surface area contributed by atoms with Crippen molar-refractivity contribution < 1.29 is 9.21 Å². The van der Waals surface area contributed by atoms with Crippen LogP contribution in [0, 0.1) is 0 Å². The number of rotatable bonds is 4. The van der Waals surface area contributed by atoms with Crippen LogP contribution in [0.1, 0.15) is 30.0 Å². The molecule has 0 N–H and O–H groups in total. The highest BCUT2D eigenvalue weighted by atomic mass is 16.4. The molecule has 3 aromatic rings. The van der Waals surface area contributed by atoms with E-state index in [1.807, 2.05) is 42.3 Å². The standard InChI is InChI=1S/C20H20N2O3/c1-21(16-11-10-14-6-2-3-7-15(14)16)19(23)12-13-22-17-8-4-5-9-18(17)25-20(22)24/h2-9,16H,10-13H2,1H3. The molecule has 0 bridgehead atoms. The third-order valence-corrected chi connectivity index (χ3v) is 5.09. The average Bonchev–Trinajstić information content (AvgIpc) is 3.19. The molecule has 4 rings (SSSR count). The second-order valence-corrected chi connectivity index (χ2v) is 6.50. The highest BCUT2D eigenvalue weighted by molar-refractivity contribution is 5.77. The highest BCUT2D eigenvalue weighted by Gasteiger charge is 2.28. The van der Waals surface area contributed by atoms with E-state index in [9.17, 15) is 9.59 Å². The van der Waals surface area contributed by atoms with Gasteiger partial charge in [-0.15, -0.1) is 0 Å². The predicted molar refractivity (Wildman–Crippen MR) is 95.4 cm³/mol. The molecule has 128 valence electrons. The molecule has 5 nitrogen and oxygen atoms in total. The zero-order valence-corrected chi connectivity index (χ0v) is 14.1. The molecule has 0 fully saturated rings. The first kappa shape index (κ1) is 15.7. The lowest BCUT2D eigenvalue weighted by Crippen LogP contribution is -2.31. The van der Waals surface area contributed by atoms with Crippen molar-refractivity contribution in [3.05, 3.63) is 70.2 Å². The number of fused-ring (bicyclic) bond motifs is 2. The lowest BCUT2D eigenvalue weighted by Gasteiger charge is -2.25.